The van der Waals surface area contributed by atoms with E-state index in [1.807, 2.05) is 0 Å². The summed E-state index contributed by atoms with van der Waals surface area (Å²) in [5.74, 6) is 0. The van der Waals surface area contributed by atoms with Gasteiger partial charge in [-0.1, -0.05) is 109 Å². The van der Waals surface area contributed by atoms with Gasteiger partial charge in [0.25, 0.3) is 0 Å². The molecule has 5 aromatic rings. The molecule has 0 heterocycles. The van der Waals surface area contributed by atoms with Crippen LogP contribution in [0.25, 0.3) is 22.3 Å². The first-order valence-electron chi connectivity index (χ1n) is 12.0. The van der Waals surface area contributed by atoms with E-state index in [1.54, 1.807) is 0 Å². The minimum atomic E-state index is -0.00512. The summed E-state index contributed by atoms with van der Waals surface area (Å²) in [6.45, 7) is 4.66. The number of rotatable bonds is 4. The summed E-state index contributed by atoms with van der Waals surface area (Å²) < 4.78 is 1.07. The maximum Gasteiger partial charge on any atom is 0.0540 e. The van der Waals surface area contributed by atoms with Gasteiger partial charge in [0.2, 0.25) is 0 Å². The lowest BCUT2D eigenvalue weighted by molar-refractivity contribution is 0.660. The van der Waals surface area contributed by atoms with E-state index in [-0.39, 0.29) is 5.41 Å². The Balaban J connectivity index is 1.59. The molecule has 6 rings (SSSR count). The Morgan fingerprint density at radius 3 is 1.91 bits per heavy atom. The number of halogens is 1. The molecule has 0 fully saturated rings. The van der Waals surface area contributed by atoms with Crippen molar-refractivity contribution in [3.8, 4) is 22.3 Å². The van der Waals surface area contributed by atoms with E-state index >= 15 is 0 Å². The molecule has 0 saturated heterocycles. The van der Waals surface area contributed by atoms with Gasteiger partial charge in [0.05, 0.1) is 5.69 Å². The summed E-state index contributed by atoms with van der Waals surface area (Å²) in [6.07, 6.45) is 0. The molecule has 0 N–H and O–H groups in total. The largest absolute Gasteiger partial charge is 0.310 e. The van der Waals surface area contributed by atoms with Gasteiger partial charge in [0.15, 0.2) is 0 Å². The van der Waals surface area contributed by atoms with Gasteiger partial charge >= 0.3 is 0 Å². The van der Waals surface area contributed by atoms with Gasteiger partial charge in [-0.25, -0.2) is 0 Å². The van der Waals surface area contributed by atoms with Crippen molar-refractivity contribution in [3.05, 3.63) is 137 Å². The summed E-state index contributed by atoms with van der Waals surface area (Å²) in [5.41, 5.74) is 11.3. The maximum absolute atomic E-state index is 3.61. The summed E-state index contributed by atoms with van der Waals surface area (Å²) in [6, 6.07) is 43.7. The first-order valence-corrected chi connectivity index (χ1v) is 12.8. The minimum Gasteiger partial charge on any atom is -0.310 e. The van der Waals surface area contributed by atoms with Gasteiger partial charge in [-0.2, -0.15) is 0 Å². The van der Waals surface area contributed by atoms with E-state index in [2.05, 4.69) is 156 Å². The van der Waals surface area contributed by atoms with E-state index in [1.165, 1.54) is 33.4 Å². The van der Waals surface area contributed by atoms with Crippen LogP contribution in [-0.4, -0.2) is 0 Å². The smallest absolute Gasteiger partial charge is 0.0540 e. The zero-order valence-corrected chi connectivity index (χ0v) is 21.5. The average Bonchev–Trinajstić information content (AvgIpc) is 3.13. The molecule has 5 aromatic carbocycles. The van der Waals surface area contributed by atoms with Gasteiger partial charge in [0, 0.05) is 26.8 Å². The third-order valence-corrected chi connectivity index (χ3v) is 7.67. The van der Waals surface area contributed by atoms with Crippen LogP contribution in [0.4, 0.5) is 17.1 Å². The van der Waals surface area contributed by atoms with Crippen molar-refractivity contribution in [1.29, 1.82) is 0 Å². The van der Waals surface area contributed by atoms with Gasteiger partial charge in [-0.05, 0) is 70.3 Å². The Labute approximate surface area is 215 Å². The molecule has 0 aromatic heterocycles. The van der Waals surface area contributed by atoms with Crippen molar-refractivity contribution >= 4 is 33.0 Å². The van der Waals surface area contributed by atoms with Gasteiger partial charge in [-0.15, -0.1) is 0 Å². The topological polar surface area (TPSA) is 3.24 Å². The second-order valence-corrected chi connectivity index (χ2v) is 10.5. The molecule has 0 bridgehead atoms. The fraction of sp³-hybridized carbons (Fsp3) is 0.0909. The monoisotopic (exact) mass is 515 g/mol. The van der Waals surface area contributed by atoms with Crippen LogP contribution in [0.2, 0.25) is 0 Å². The molecule has 1 aliphatic carbocycles. The predicted molar refractivity (Wildman–Crippen MR) is 152 cm³/mol. The van der Waals surface area contributed by atoms with Crippen LogP contribution >= 0.6 is 15.9 Å². The molecule has 0 unspecified atom stereocenters. The molecule has 0 aliphatic heterocycles. The lowest BCUT2D eigenvalue weighted by Crippen LogP contribution is -2.15. The first kappa shape index (κ1) is 21.9. The van der Waals surface area contributed by atoms with Crippen LogP contribution < -0.4 is 4.90 Å². The average molecular weight is 516 g/mol. The van der Waals surface area contributed by atoms with E-state index in [4.69, 9.17) is 0 Å². The number of hydrogen-bond acceptors (Lipinski definition) is 1. The number of nitrogens with zero attached hydrogens (tertiary/aromatic N) is 1. The molecule has 0 atom stereocenters. The fourth-order valence-corrected chi connectivity index (χ4v) is 5.66. The molecule has 170 valence electrons. The number of para-hydroxylation sites is 1. The molecule has 0 radical (unpaired) electrons. The highest BCUT2D eigenvalue weighted by atomic mass is 79.9. The minimum absolute atomic E-state index is 0.00512. The zero-order chi connectivity index (χ0) is 24.0. The molecule has 35 heavy (non-hydrogen) atoms. The molecule has 0 saturated carbocycles. The Morgan fingerprint density at radius 2 is 1.14 bits per heavy atom. The molecular weight excluding hydrogens is 490 g/mol. The van der Waals surface area contributed by atoms with E-state index in [0.717, 1.165) is 21.5 Å². The van der Waals surface area contributed by atoms with E-state index in [0.29, 0.717) is 0 Å². The van der Waals surface area contributed by atoms with E-state index < -0.39 is 0 Å². The highest BCUT2D eigenvalue weighted by Gasteiger charge is 2.35. The summed E-state index contributed by atoms with van der Waals surface area (Å²) in [7, 11) is 0. The second kappa shape index (κ2) is 8.55. The van der Waals surface area contributed by atoms with Crippen molar-refractivity contribution < 1.29 is 0 Å². The van der Waals surface area contributed by atoms with Crippen LogP contribution in [0.1, 0.15) is 25.0 Å². The Bertz CT molecular complexity index is 1520. The first-order chi connectivity index (χ1) is 17.0. The van der Waals surface area contributed by atoms with Crippen molar-refractivity contribution in [1.82, 2.24) is 0 Å². The number of hydrogen-bond donors (Lipinski definition) is 0. The van der Waals surface area contributed by atoms with Crippen LogP contribution in [-0.2, 0) is 5.41 Å². The van der Waals surface area contributed by atoms with Crippen LogP contribution in [0, 0.1) is 0 Å². The molecule has 2 heteroatoms. The van der Waals surface area contributed by atoms with Gasteiger partial charge in [0.1, 0.15) is 0 Å². The number of anilines is 3. The van der Waals surface area contributed by atoms with E-state index in [9.17, 15) is 0 Å². The lowest BCUT2D eigenvalue weighted by atomic mass is 9.82. The Kier molecular flexibility index (Phi) is 5.35. The highest BCUT2D eigenvalue weighted by molar-refractivity contribution is 9.10. The van der Waals surface area contributed by atoms with Gasteiger partial charge in [-0.3, -0.25) is 0 Å². The Hall–Kier alpha value is -3.62. The van der Waals surface area contributed by atoms with Crippen molar-refractivity contribution in [2.45, 2.75) is 19.3 Å². The molecular formula is C33H26BrN. The molecule has 0 spiro atoms. The standard InChI is InChI=1S/C33H26BrN/c1-33(2)30-14-8-6-13-28(30)29-22-26(20-21-31(29)33)35(25-18-16-24(34)17-19-25)32-15-9-7-12-27(32)23-10-4-3-5-11-23/h3-22H,1-2H3. The van der Waals surface area contributed by atoms with Crippen molar-refractivity contribution in [2.75, 3.05) is 4.90 Å². The summed E-state index contributed by atoms with van der Waals surface area (Å²) in [4.78, 5) is 2.38. The predicted octanol–water partition coefficient (Wildman–Crippen LogP) is 9.89. The second-order valence-electron chi connectivity index (χ2n) is 9.60. The SMILES string of the molecule is CC1(C)c2ccccc2-c2cc(N(c3ccc(Br)cc3)c3ccccc3-c3ccccc3)ccc21. The van der Waals surface area contributed by atoms with Crippen molar-refractivity contribution in [2.24, 2.45) is 0 Å². The maximum atomic E-state index is 3.61. The molecule has 1 aliphatic rings. The fourth-order valence-electron chi connectivity index (χ4n) is 5.40. The van der Waals surface area contributed by atoms with Gasteiger partial charge < -0.3 is 4.90 Å². The zero-order valence-electron chi connectivity index (χ0n) is 19.9. The third-order valence-electron chi connectivity index (χ3n) is 7.14. The summed E-state index contributed by atoms with van der Waals surface area (Å²) in [5, 5.41) is 0. The molecule has 0 amide bonds. The molecule has 1 nitrogen and oxygen atoms in total. The number of benzene rings is 5. The third kappa shape index (κ3) is 3.69. The number of fused-ring (bicyclic) bond motifs is 3. The lowest BCUT2D eigenvalue weighted by Gasteiger charge is -2.29. The quantitative estimate of drug-likeness (QED) is 0.230. The van der Waals surface area contributed by atoms with Crippen molar-refractivity contribution in [3.63, 3.8) is 0 Å². The Morgan fingerprint density at radius 1 is 0.543 bits per heavy atom. The highest BCUT2D eigenvalue weighted by Crippen LogP contribution is 2.51. The summed E-state index contributed by atoms with van der Waals surface area (Å²) >= 11 is 3.61. The van der Waals surface area contributed by atoms with Crippen LogP contribution in [0.15, 0.2) is 126 Å². The van der Waals surface area contributed by atoms with Crippen LogP contribution in [0.5, 0.6) is 0 Å². The van der Waals surface area contributed by atoms with Crippen LogP contribution in [0.3, 0.4) is 0 Å². The normalized spacial score (nSPS) is 13.2.